The molecule has 0 bridgehead atoms. The first-order chi connectivity index (χ1) is 9.92. The molecule has 1 atom stereocenters. The maximum atomic E-state index is 13.4. The normalized spacial score (nSPS) is 12.5. The van der Waals surface area contributed by atoms with Crippen LogP contribution in [0.3, 0.4) is 0 Å². The van der Waals surface area contributed by atoms with Crippen LogP contribution in [-0.4, -0.2) is 0 Å². The molecule has 4 heteroatoms. The Morgan fingerprint density at radius 1 is 1.14 bits per heavy atom. The first kappa shape index (κ1) is 16.1. The predicted octanol–water partition coefficient (Wildman–Crippen LogP) is 4.26. The number of nitrogens with two attached hydrogens (primary N) is 1. The molecule has 21 heavy (non-hydrogen) atoms. The number of nitrogens with one attached hydrogen (secondary N) is 1. The van der Waals surface area contributed by atoms with Gasteiger partial charge in [-0.2, -0.15) is 0 Å². The molecule has 0 heterocycles. The van der Waals surface area contributed by atoms with E-state index in [1.807, 2.05) is 0 Å². The monoisotopic (exact) mass is 350 g/mol. The second-order valence-electron chi connectivity index (χ2n) is 5.47. The van der Waals surface area contributed by atoms with Crippen molar-refractivity contribution in [1.29, 1.82) is 0 Å². The van der Waals surface area contributed by atoms with Gasteiger partial charge in [-0.15, -0.1) is 0 Å². The van der Waals surface area contributed by atoms with Gasteiger partial charge in [0.25, 0.3) is 0 Å². The largest absolute Gasteiger partial charge is 0.271 e. The smallest absolute Gasteiger partial charge is 0.137 e. The van der Waals surface area contributed by atoms with Gasteiger partial charge < -0.3 is 0 Å². The number of halogens is 2. The zero-order valence-corrected chi connectivity index (χ0v) is 14.1. The van der Waals surface area contributed by atoms with Gasteiger partial charge in [-0.05, 0) is 77.5 Å². The Labute approximate surface area is 133 Å². The lowest BCUT2D eigenvalue weighted by Crippen LogP contribution is -2.30. The van der Waals surface area contributed by atoms with E-state index in [0.29, 0.717) is 4.47 Å². The van der Waals surface area contributed by atoms with Gasteiger partial charge in [-0.3, -0.25) is 11.3 Å². The molecule has 0 aliphatic carbocycles. The lowest BCUT2D eigenvalue weighted by molar-refractivity contribution is 0.546. The second kappa shape index (κ2) is 6.69. The highest BCUT2D eigenvalue weighted by molar-refractivity contribution is 9.10. The van der Waals surface area contributed by atoms with Crippen LogP contribution in [0.5, 0.6) is 0 Å². The number of rotatable bonds is 4. The molecule has 0 aromatic heterocycles. The molecular weight excluding hydrogens is 331 g/mol. The molecule has 0 spiro atoms. The maximum absolute atomic E-state index is 13.4. The minimum absolute atomic E-state index is 0.0537. The Morgan fingerprint density at radius 3 is 2.29 bits per heavy atom. The molecule has 2 aromatic rings. The molecule has 112 valence electrons. The van der Waals surface area contributed by atoms with Crippen molar-refractivity contribution >= 4 is 15.9 Å². The summed E-state index contributed by atoms with van der Waals surface area (Å²) in [5, 5.41) is 0. The Kier molecular flexibility index (Phi) is 5.14. The molecule has 0 aliphatic heterocycles. The van der Waals surface area contributed by atoms with Gasteiger partial charge in [0.2, 0.25) is 0 Å². The van der Waals surface area contributed by atoms with Crippen LogP contribution in [0.25, 0.3) is 0 Å². The minimum Gasteiger partial charge on any atom is -0.271 e. The molecule has 0 amide bonds. The highest BCUT2D eigenvalue weighted by atomic mass is 79.9. The Balaban J connectivity index is 2.33. The number of aryl methyl sites for hydroxylation is 3. The Morgan fingerprint density at radius 2 is 1.76 bits per heavy atom. The summed E-state index contributed by atoms with van der Waals surface area (Å²) in [5.74, 6) is 5.45. The fourth-order valence-corrected chi connectivity index (χ4v) is 3.13. The van der Waals surface area contributed by atoms with Crippen LogP contribution in [0.1, 0.15) is 33.9 Å². The standard InChI is InChI=1S/C17H20BrFN2/c1-10-6-11(2)14(12(3)7-10)9-17(21-20)13-4-5-16(19)15(18)8-13/h4-8,17,21H,9,20H2,1-3H3. The zero-order valence-electron chi connectivity index (χ0n) is 12.5. The van der Waals surface area contributed by atoms with Gasteiger partial charge in [-0.1, -0.05) is 23.8 Å². The van der Waals surface area contributed by atoms with E-state index in [0.717, 1.165) is 12.0 Å². The number of benzene rings is 2. The summed E-state index contributed by atoms with van der Waals surface area (Å²) in [5.41, 5.74) is 8.86. The molecule has 0 saturated heterocycles. The summed E-state index contributed by atoms with van der Waals surface area (Å²) in [4.78, 5) is 0. The van der Waals surface area contributed by atoms with E-state index in [4.69, 9.17) is 5.84 Å². The third kappa shape index (κ3) is 3.70. The van der Waals surface area contributed by atoms with Crippen LogP contribution < -0.4 is 11.3 Å². The molecule has 3 N–H and O–H groups in total. The lowest BCUT2D eigenvalue weighted by atomic mass is 9.92. The fourth-order valence-electron chi connectivity index (χ4n) is 2.74. The average Bonchev–Trinajstić information content (AvgIpc) is 2.41. The summed E-state index contributed by atoms with van der Waals surface area (Å²) in [6, 6.07) is 9.30. The Hall–Kier alpha value is -1.23. The molecule has 1 unspecified atom stereocenters. The molecule has 0 radical (unpaired) electrons. The van der Waals surface area contributed by atoms with Crippen molar-refractivity contribution in [3.63, 3.8) is 0 Å². The molecule has 0 saturated carbocycles. The number of hydrogen-bond acceptors (Lipinski definition) is 2. The van der Waals surface area contributed by atoms with E-state index in [1.165, 1.54) is 28.3 Å². The molecule has 2 nitrogen and oxygen atoms in total. The van der Waals surface area contributed by atoms with Crippen LogP contribution >= 0.6 is 15.9 Å². The highest BCUT2D eigenvalue weighted by Gasteiger charge is 2.15. The second-order valence-corrected chi connectivity index (χ2v) is 6.33. The summed E-state index contributed by atoms with van der Waals surface area (Å²) >= 11 is 3.22. The average molecular weight is 351 g/mol. The molecule has 0 fully saturated rings. The van der Waals surface area contributed by atoms with Crippen LogP contribution in [0.2, 0.25) is 0 Å². The van der Waals surface area contributed by atoms with Gasteiger partial charge in [-0.25, -0.2) is 4.39 Å². The quantitative estimate of drug-likeness (QED) is 0.638. The third-order valence-corrected chi connectivity index (χ3v) is 4.40. The van der Waals surface area contributed by atoms with E-state index in [2.05, 4.69) is 54.3 Å². The fraction of sp³-hybridized carbons (Fsp3) is 0.294. The lowest BCUT2D eigenvalue weighted by Gasteiger charge is -2.20. The van der Waals surface area contributed by atoms with E-state index in [9.17, 15) is 4.39 Å². The van der Waals surface area contributed by atoms with Gasteiger partial charge in [0.1, 0.15) is 5.82 Å². The van der Waals surface area contributed by atoms with E-state index >= 15 is 0 Å². The summed E-state index contributed by atoms with van der Waals surface area (Å²) in [7, 11) is 0. The molecule has 0 aliphatic rings. The van der Waals surface area contributed by atoms with Crippen LogP contribution in [0.15, 0.2) is 34.8 Å². The summed E-state index contributed by atoms with van der Waals surface area (Å²) < 4.78 is 13.8. The maximum Gasteiger partial charge on any atom is 0.137 e. The van der Waals surface area contributed by atoms with Gasteiger partial charge in [0, 0.05) is 0 Å². The van der Waals surface area contributed by atoms with Gasteiger partial charge >= 0.3 is 0 Å². The first-order valence-corrected chi connectivity index (χ1v) is 7.69. The van der Waals surface area contributed by atoms with Crippen molar-refractivity contribution in [2.75, 3.05) is 0 Å². The number of hydrogen-bond donors (Lipinski definition) is 2. The van der Waals surface area contributed by atoms with Crippen LogP contribution in [0.4, 0.5) is 4.39 Å². The minimum atomic E-state index is -0.266. The van der Waals surface area contributed by atoms with Crippen molar-refractivity contribution in [3.05, 3.63) is 68.4 Å². The van der Waals surface area contributed by atoms with Crippen molar-refractivity contribution in [2.24, 2.45) is 5.84 Å². The van der Waals surface area contributed by atoms with Crippen molar-refractivity contribution in [2.45, 2.75) is 33.2 Å². The summed E-state index contributed by atoms with van der Waals surface area (Å²) in [6.45, 7) is 6.33. The zero-order chi connectivity index (χ0) is 15.6. The van der Waals surface area contributed by atoms with E-state index in [1.54, 1.807) is 12.1 Å². The predicted molar refractivity (Wildman–Crippen MR) is 88.5 cm³/mol. The molecule has 2 rings (SSSR count). The topological polar surface area (TPSA) is 38.0 Å². The van der Waals surface area contributed by atoms with Crippen molar-refractivity contribution in [3.8, 4) is 0 Å². The van der Waals surface area contributed by atoms with Crippen LogP contribution in [0, 0.1) is 26.6 Å². The van der Waals surface area contributed by atoms with Crippen molar-refractivity contribution < 1.29 is 4.39 Å². The van der Waals surface area contributed by atoms with E-state index < -0.39 is 0 Å². The molecule has 2 aromatic carbocycles. The van der Waals surface area contributed by atoms with Gasteiger partial charge in [0.05, 0.1) is 10.5 Å². The van der Waals surface area contributed by atoms with Crippen LogP contribution in [-0.2, 0) is 6.42 Å². The van der Waals surface area contributed by atoms with Crippen molar-refractivity contribution in [1.82, 2.24) is 5.43 Å². The van der Waals surface area contributed by atoms with E-state index in [-0.39, 0.29) is 11.9 Å². The highest BCUT2D eigenvalue weighted by Crippen LogP contribution is 2.26. The number of hydrazine groups is 1. The third-order valence-electron chi connectivity index (χ3n) is 3.80. The molecular formula is C17H20BrFN2. The van der Waals surface area contributed by atoms with Gasteiger partial charge in [0.15, 0.2) is 0 Å². The Bertz CT molecular complexity index is 632. The first-order valence-electron chi connectivity index (χ1n) is 6.90. The SMILES string of the molecule is Cc1cc(C)c(CC(NN)c2ccc(F)c(Br)c2)c(C)c1. The summed E-state index contributed by atoms with van der Waals surface area (Å²) in [6.07, 6.45) is 0.770.